The van der Waals surface area contributed by atoms with Gasteiger partial charge in [0, 0.05) is 0 Å². The van der Waals surface area contributed by atoms with E-state index in [9.17, 15) is 0 Å². The summed E-state index contributed by atoms with van der Waals surface area (Å²) in [7, 11) is 0. The Morgan fingerprint density at radius 2 is 2.27 bits per heavy atom. The van der Waals surface area contributed by atoms with Gasteiger partial charge in [0.15, 0.2) is 0 Å². The fourth-order valence-corrected chi connectivity index (χ4v) is 1.83. The van der Waals surface area contributed by atoms with Crippen molar-refractivity contribution in [1.82, 2.24) is 0 Å². The molecule has 2 N–H and O–H groups in total. The van der Waals surface area contributed by atoms with Gasteiger partial charge in [-0.2, -0.15) is 0 Å². The first-order chi connectivity index (χ1) is 7.29. The Morgan fingerprint density at radius 3 is 2.93 bits per heavy atom. The van der Waals surface area contributed by atoms with Crippen LogP contribution in [0.25, 0.3) is 0 Å². The largest absolute Gasteiger partial charge is 0.492 e. The molecule has 0 bridgehead atoms. The molecule has 15 heavy (non-hydrogen) atoms. The van der Waals surface area contributed by atoms with E-state index in [1.54, 1.807) is 0 Å². The Labute approximate surface area is 99.3 Å². The van der Waals surface area contributed by atoms with Crippen LogP contribution in [0.1, 0.15) is 12.0 Å². The van der Waals surface area contributed by atoms with E-state index >= 15 is 0 Å². The first-order valence-electron chi connectivity index (χ1n) is 5.00. The maximum absolute atomic E-state index is 5.69. The number of hydrogen-bond donors (Lipinski definition) is 1. The number of ether oxygens (including phenoxy) is 1. The zero-order valence-corrected chi connectivity index (χ0v) is 10.3. The molecule has 82 valence electrons. The Hall–Kier alpha value is -0.800. The van der Waals surface area contributed by atoms with E-state index in [4.69, 9.17) is 10.5 Å². The van der Waals surface area contributed by atoms with Gasteiger partial charge < -0.3 is 10.5 Å². The number of para-hydroxylation sites is 1. The molecule has 0 radical (unpaired) electrons. The number of rotatable bonds is 6. The minimum absolute atomic E-state index is 0.633. The average Bonchev–Trinajstić information content (AvgIpc) is 2.23. The van der Waals surface area contributed by atoms with Gasteiger partial charge in [-0.3, -0.25) is 0 Å². The van der Waals surface area contributed by atoms with Gasteiger partial charge in [-0.05, 0) is 46.9 Å². The van der Waals surface area contributed by atoms with Crippen LogP contribution in [0.2, 0.25) is 0 Å². The lowest BCUT2D eigenvalue weighted by atomic mass is 10.1. The van der Waals surface area contributed by atoms with Crippen molar-refractivity contribution in [3.8, 4) is 5.75 Å². The molecule has 0 heterocycles. The van der Waals surface area contributed by atoms with Gasteiger partial charge in [-0.1, -0.05) is 18.2 Å². The fourth-order valence-electron chi connectivity index (χ4n) is 1.31. The van der Waals surface area contributed by atoms with E-state index in [1.165, 1.54) is 0 Å². The van der Waals surface area contributed by atoms with Crippen molar-refractivity contribution in [1.29, 1.82) is 0 Å². The van der Waals surface area contributed by atoms with Crippen molar-refractivity contribution in [2.45, 2.75) is 12.8 Å². The predicted molar refractivity (Wildman–Crippen MR) is 67.2 cm³/mol. The van der Waals surface area contributed by atoms with Gasteiger partial charge in [-0.15, -0.1) is 6.58 Å². The zero-order chi connectivity index (χ0) is 11.1. The summed E-state index contributed by atoms with van der Waals surface area (Å²) in [5.41, 5.74) is 6.70. The highest BCUT2D eigenvalue weighted by Gasteiger charge is 2.06. The van der Waals surface area contributed by atoms with Crippen LogP contribution in [0.4, 0.5) is 0 Å². The molecule has 2 nitrogen and oxygen atoms in total. The minimum atomic E-state index is 0.633. The molecule has 0 spiro atoms. The predicted octanol–water partition coefficient (Wildman–Crippen LogP) is 2.91. The molecule has 0 aliphatic heterocycles. The van der Waals surface area contributed by atoms with Crippen molar-refractivity contribution in [2.75, 3.05) is 13.2 Å². The fraction of sp³-hybridized carbons (Fsp3) is 0.333. The molecule has 3 heteroatoms. The Kier molecular flexibility index (Phi) is 5.43. The topological polar surface area (TPSA) is 35.2 Å². The normalized spacial score (nSPS) is 10.0. The van der Waals surface area contributed by atoms with Crippen LogP contribution in [-0.4, -0.2) is 13.2 Å². The highest BCUT2D eigenvalue weighted by molar-refractivity contribution is 9.10. The lowest BCUT2D eigenvalue weighted by Gasteiger charge is -2.12. The van der Waals surface area contributed by atoms with Crippen LogP contribution in [0.15, 0.2) is 35.3 Å². The lowest BCUT2D eigenvalue weighted by molar-refractivity contribution is 0.319. The molecule has 1 aromatic carbocycles. The molecular weight excluding hydrogens is 254 g/mol. The first-order valence-corrected chi connectivity index (χ1v) is 5.80. The quantitative estimate of drug-likeness (QED) is 0.637. The van der Waals surface area contributed by atoms with E-state index in [-0.39, 0.29) is 0 Å². The number of nitrogens with two attached hydrogens (primary N) is 1. The number of benzene rings is 1. The summed E-state index contributed by atoms with van der Waals surface area (Å²) in [6, 6.07) is 6.01. The molecule has 0 fully saturated rings. The highest BCUT2D eigenvalue weighted by Crippen LogP contribution is 2.29. The third-order valence-corrected chi connectivity index (χ3v) is 2.66. The van der Waals surface area contributed by atoms with Crippen LogP contribution in [0.3, 0.4) is 0 Å². The molecule has 0 unspecified atom stereocenters. The van der Waals surface area contributed by atoms with Gasteiger partial charge >= 0.3 is 0 Å². The van der Waals surface area contributed by atoms with Gasteiger partial charge in [0.2, 0.25) is 0 Å². The summed E-state index contributed by atoms with van der Waals surface area (Å²) < 4.78 is 6.67. The first kappa shape index (κ1) is 12.3. The Bertz CT molecular complexity index is 325. The van der Waals surface area contributed by atoms with Crippen LogP contribution in [-0.2, 0) is 6.42 Å². The average molecular weight is 270 g/mol. The summed E-state index contributed by atoms with van der Waals surface area (Å²) in [6.45, 7) is 4.95. The second-order valence-corrected chi connectivity index (χ2v) is 4.05. The standard InChI is InChI=1S/C12H16BrNO/c1-2-3-9-15-12-10(7-8-14)5-4-6-11(12)13/h2,4-6H,1,3,7-9,14H2. The molecule has 0 amide bonds. The van der Waals surface area contributed by atoms with E-state index in [1.807, 2.05) is 24.3 Å². The van der Waals surface area contributed by atoms with E-state index in [0.29, 0.717) is 13.2 Å². The van der Waals surface area contributed by atoms with E-state index in [2.05, 4.69) is 22.5 Å². The van der Waals surface area contributed by atoms with E-state index < -0.39 is 0 Å². The summed E-state index contributed by atoms with van der Waals surface area (Å²) in [5, 5.41) is 0. The number of hydrogen-bond acceptors (Lipinski definition) is 2. The lowest BCUT2D eigenvalue weighted by Crippen LogP contribution is -2.06. The molecule has 1 rings (SSSR count). The highest BCUT2D eigenvalue weighted by atomic mass is 79.9. The van der Waals surface area contributed by atoms with Gasteiger partial charge in [-0.25, -0.2) is 0 Å². The SMILES string of the molecule is C=CCCOc1c(Br)cccc1CCN. The second kappa shape index (κ2) is 6.64. The summed E-state index contributed by atoms with van der Waals surface area (Å²) in [5.74, 6) is 0.907. The third-order valence-electron chi connectivity index (χ3n) is 2.03. The van der Waals surface area contributed by atoms with Crippen LogP contribution < -0.4 is 10.5 Å². The van der Waals surface area contributed by atoms with Gasteiger partial charge in [0.05, 0.1) is 11.1 Å². The molecule has 0 aromatic heterocycles. The Balaban J connectivity index is 2.76. The van der Waals surface area contributed by atoms with Crippen LogP contribution >= 0.6 is 15.9 Å². The van der Waals surface area contributed by atoms with Crippen LogP contribution in [0, 0.1) is 0 Å². The molecule has 1 aromatic rings. The van der Waals surface area contributed by atoms with Crippen LogP contribution in [0.5, 0.6) is 5.75 Å². The maximum Gasteiger partial charge on any atom is 0.136 e. The van der Waals surface area contributed by atoms with Crippen molar-refractivity contribution >= 4 is 15.9 Å². The molecule has 0 aliphatic carbocycles. The third kappa shape index (κ3) is 3.68. The second-order valence-electron chi connectivity index (χ2n) is 3.19. The minimum Gasteiger partial charge on any atom is -0.492 e. The maximum atomic E-state index is 5.69. The molecule has 0 saturated carbocycles. The summed E-state index contributed by atoms with van der Waals surface area (Å²) >= 11 is 3.48. The monoisotopic (exact) mass is 269 g/mol. The van der Waals surface area contributed by atoms with Crippen molar-refractivity contribution < 1.29 is 4.74 Å². The number of halogens is 1. The van der Waals surface area contributed by atoms with Crippen molar-refractivity contribution in [2.24, 2.45) is 5.73 Å². The van der Waals surface area contributed by atoms with Crippen molar-refractivity contribution in [3.05, 3.63) is 40.9 Å². The van der Waals surface area contributed by atoms with Gasteiger partial charge in [0.25, 0.3) is 0 Å². The summed E-state index contributed by atoms with van der Waals surface area (Å²) in [4.78, 5) is 0. The van der Waals surface area contributed by atoms with E-state index in [0.717, 1.165) is 28.6 Å². The summed E-state index contributed by atoms with van der Waals surface area (Å²) in [6.07, 6.45) is 3.53. The molecular formula is C12H16BrNO. The van der Waals surface area contributed by atoms with Gasteiger partial charge in [0.1, 0.15) is 5.75 Å². The van der Waals surface area contributed by atoms with Crippen molar-refractivity contribution in [3.63, 3.8) is 0 Å². The Morgan fingerprint density at radius 1 is 1.47 bits per heavy atom. The smallest absolute Gasteiger partial charge is 0.136 e. The molecule has 0 aliphatic rings. The molecule has 0 atom stereocenters. The molecule has 0 saturated heterocycles. The zero-order valence-electron chi connectivity index (χ0n) is 8.71.